The number of aliphatic hydroxyl groups excluding tert-OH is 2. The predicted molar refractivity (Wildman–Crippen MR) is 133 cm³/mol. The fraction of sp³-hybridized carbons (Fsp3) is 0.385. The first-order chi connectivity index (χ1) is 17.2. The van der Waals surface area contributed by atoms with Gasteiger partial charge in [0, 0.05) is 24.2 Å². The van der Waals surface area contributed by atoms with Crippen LogP contribution >= 0.6 is 0 Å². The van der Waals surface area contributed by atoms with Gasteiger partial charge < -0.3 is 40.6 Å². The van der Waals surface area contributed by atoms with E-state index in [1.54, 1.807) is 48.5 Å². The van der Waals surface area contributed by atoms with Crippen molar-refractivity contribution in [2.75, 3.05) is 13.1 Å². The molecule has 2 rings (SSSR count). The number of carboxylic acid groups (broad SMARTS) is 2. The van der Waals surface area contributed by atoms with E-state index in [1.807, 2.05) is 12.1 Å². The Morgan fingerprint density at radius 2 is 0.946 bits per heavy atom. The van der Waals surface area contributed by atoms with Crippen molar-refractivity contribution < 1.29 is 39.6 Å². The predicted octanol–water partition coefficient (Wildman–Crippen LogP) is -0.986. The van der Waals surface area contributed by atoms with E-state index < -0.39 is 24.1 Å². The minimum absolute atomic E-state index is 0. The molecule has 10 nitrogen and oxygen atoms in total. The number of unbranched alkanes of at least 4 members (excludes halogenated alkanes) is 2. The monoisotopic (exact) mass is 540 g/mol. The van der Waals surface area contributed by atoms with Gasteiger partial charge in [0.05, 0.1) is 24.1 Å². The number of nitrogens with one attached hydrogen (secondary N) is 2. The Labute approximate surface area is 246 Å². The van der Waals surface area contributed by atoms with Crippen LogP contribution < -0.4 is 20.8 Å². The Balaban J connectivity index is 0.000000682. The van der Waals surface area contributed by atoms with Gasteiger partial charge in [0.1, 0.15) is 0 Å². The van der Waals surface area contributed by atoms with E-state index in [1.165, 1.54) is 0 Å². The standard InChI is InChI=1S/2C13H17NO4.Ca/c2*15-11(13(17)18)8-4-5-9-14-12(16)10-6-2-1-3-7-10;/h2*1-3,6-7,11,15H,4-5,8-9H2,(H,14,16)(H,17,18);/q;;+2/p-2. The summed E-state index contributed by atoms with van der Waals surface area (Å²) >= 11 is 0. The number of carbonyl (C=O) groups excluding carboxylic acids is 4. The summed E-state index contributed by atoms with van der Waals surface area (Å²) < 4.78 is 0. The Morgan fingerprint density at radius 1 is 0.622 bits per heavy atom. The second kappa shape index (κ2) is 20.5. The molecule has 2 unspecified atom stereocenters. The van der Waals surface area contributed by atoms with Gasteiger partial charge in [-0.1, -0.05) is 36.4 Å². The first-order valence-electron chi connectivity index (χ1n) is 11.7. The van der Waals surface area contributed by atoms with Crippen molar-refractivity contribution in [3.63, 3.8) is 0 Å². The second-order valence-electron chi connectivity index (χ2n) is 7.91. The Bertz CT molecular complexity index is 867. The molecule has 2 amide bonds. The third kappa shape index (κ3) is 16.1. The van der Waals surface area contributed by atoms with Crippen LogP contribution in [0, 0.1) is 0 Å². The van der Waals surface area contributed by atoms with Crippen LogP contribution in [0.25, 0.3) is 0 Å². The van der Waals surface area contributed by atoms with Crippen molar-refractivity contribution in [3.8, 4) is 0 Å². The zero-order valence-electron chi connectivity index (χ0n) is 20.6. The van der Waals surface area contributed by atoms with Gasteiger partial charge in [-0.25, -0.2) is 0 Å². The van der Waals surface area contributed by atoms with E-state index in [-0.39, 0.29) is 62.4 Å². The van der Waals surface area contributed by atoms with Crippen molar-refractivity contribution >= 4 is 61.5 Å². The number of carboxylic acids is 2. The van der Waals surface area contributed by atoms with Crippen LogP contribution in [0.2, 0.25) is 0 Å². The normalized spacial score (nSPS) is 11.5. The fourth-order valence-electron chi connectivity index (χ4n) is 2.95. The third-order valence-corrected chi connectivity index (χ3v) is 5.00. The molecule has 2 atom stereocenters. The van der Waals surface area contributed by atoms with Gasteiger partial charge in [-0.15, -0.1) is 0 Å². The third-order valence-electron chi connectivity index (χ3n) is 5.00. The Kier molecular flexibility index (Phi) is 19.2. The summed E-state index contributed by atoms with van der Waals surface area (Å²) in [5, 5.41) is 43.8. The summed E-state index contributed by atoms with van der Waals surface area (Å²) in [6, 6.07) is 17.7. The molecular weight excluding hydrogens is 508 g/mol. The molecule has 0 fully saturated rings. The largest absolute Gasteiger partial charge is 2.00 e. The minimum Gasteiger partial charge on any atom is -0.547 e. The van der Waals surface area contributed by atoms with Crippen LogP contribution in [0.3, 0.4) is 0 Å². The molecule has 2 aromatic rings. The molecular formula is C26H32CaN2O8. The molecule has 196 valence electrons. The second-order valence-corrected chi connectivity index (χ2v) is 7.91. The van der Waals surface area contributed by atoms with Gasteiger partial charge in [0.25, 0.3) is 11.8 Å². The SMILES string of the molecule is O=C(NCCCCC(O)C(=O)[O-])c1ccccc1.O=C(NCCCCC(O)C(=O)[O-])c1ccccc1.[Ca+2]. The average Bonchev–Trinajstić information content (AvgIpc) is 2.89. The maximum atomic E-state index is 11.6. The van der Waals surface area contributed by atoms with Crippen LogP contribution in [0.4, 0.5) is 0 Å². The number of hydrogen-bond acceptors (Lipinski definition) is 8. The molecule has 0 bridgehead atoms. The van der Waals surface area contributed by atoms with Crippen molar-refractivity contribution in [1.82, 2.24) is 10.6 Å². The fourth-order valence-corrected chi connectivity index (χ4v) is 2.95. The quantitative estimate of drug-likeness (QED) is 0.174. The molecule has 0 aliphatic carbocycles. The van der Waals surface area contributed by atoms with Crippen LogP contribution in [-0.2, 0) is 9.59 Å². The molecule has 37 heavy (non-hydrogen) atoms. The first kappa shape index (κ1) is 34.5. The van der Waals surface area contributed by atoms with Crippen molar-refractivity contribution in [2.24, 2.45) is 0 Å². The van der Waals surface area contributed by atoms with E-state index in [0.29, 0.717) is 49.9 Å². The summed E-state index contributed by atoms with van der Waals surface area (Å²) in [5.74, 6) is -3.22. The summed E-state index contributed by atoms with van der Waals surface area (Å²) in [6.07, 6.45) is -0.294. The van der Waals surface area contributed by atoms with E-state index >= 15 is 0 Å². The molecule has 0 saturated heterocycles. The van der Waals surface area contributed by atoms with Crippen molar-refractivity contribution in [2.45, 2.75) is 50.7 Å². The van der Waals surface area contributed by atoms with Crippen molar-refractivity contribution in [1.29, 1.82) is 0 Å². The molecule has 2 aromatic carbocycles. The maximum absolute atomic E-state index is 11.6. The smallest absolute Gasteiger partial charge is 0.547 e. The number of amides is 2. The number of carbonyl (C=O) groups is 4. The zero-order chi connectivity index (χ0) is 26.8. The average molecular weight is 541 g/mol. The van der Waals surface area contributed by atoms with Crippen LogP contribution in [-0.4, -0.2) is 97.0 Å². The minimum atomic E-state index is -1.46. The number of benzene rings is 2. The van der Waals surface area contributed by atoms with Crippen molar-refractivity contribution in [3.05, 3.63) is 71.8 Å². The number of aliphatic hydroxyl groups is 2. The summed E-state index contributed by atoms with van der Waals surface area (Å²) in [5.41, 5.74) is 1.18. The summed E-state index contributed by atoms with van der Waals surface area (Å²) in [4.78, 5) is 43.6. The first-order valence-corrected chi connectivity index (χ1v) is 11.7. The Hall–Kier alpha value is -2.50. The van der Waals surface area contributed by atoms with E-state index in [0.717, 1.165) is 0 Å². The van der Waals surface area contributed by atoms with Gasteiger partial charge in [0.15, 0.2) is 0 Å². The molecule has 0 aliphatic heterocycles. The molecule has 11 heteroatoms. The van der Waals surface area contributed by atoms with E-state index in [4.69, 9.17) is 10.2 Å². The van der Waals surface area contributed by atoms with Gasteiger partial charge in [-0.2, -0.15) is 0 Å². The van der Waals surface area contributed by atoms with E-state index in [2.05, 4.69) is 10.6 Å². The van der Waals surface area contributed by atoms with Gasteiger partial charge >= 0.3 is 37.7 Å². The molecule has 4 N–H and O–H groups in total. The van der Waals surface area contributed by atoms with Gasteiger partial charge in [-0.05, 0) is 62.8 Å². The van der Waals surface area contributed by atoms with E-state index in [9.17, 15) is 29.4 Å². The van der Waals surface area contributed by atoms with Crippen LogP contribution in [0.5, 0.6) is 0 Å². The van der Waals surface area contributed by atoms with Crippen LogP contribution in [0.15, 0.2) is 60.7 Å². The number of aliphatic carboxylic acids is 2. The molecule has 0 aliphatic rings. The molecule has 0 radical (unpaired) electrons. The topological polar surface area (TPSA) is 179 Å². The Morgan fingerprint density at radius 3 is 1.24 bits per heavy atom. The zero-order valence-corrected chi connectivity index (χ0v) is 22.8. The molecule has 0 heterocycles. The van der Waals surface area contributed by atoms with Gasteiger partial charge in [0.2, 0.25) is 0 Å². The maximum Gasteiger partial charge on any atom is 2.00 e. The summed E-state index contributed by atoms with van der Waals surface area (Å²) in [7, 11) is 0. The summed E-state index contributed by atoms with van der Waals surface area (Å²) in [6.45, 7) is 0.904. The number of hydrogen-bond donors (Lipinski definition) is 4. The molecule has 0 saturated carbocycles. The van der Waals surface area contributed by atoms with Crippen LogP contribution in [0.1, 0.15) is 59.2 Å². The molecule has 0 aromatic heterocycles. The molecule has 0 spiro atoms. The number of rotatable bonds is 14. The van der Waals surface area contributed by atoms with Gasteiger partial charge in [-0.3, -0.25) is 9.59 Å².